The van der Waals surface area contributed by atoms with Crippen molar-refractivity contribution in [1.29, 1.82) is 0 Å². The first-order valence-corrected chi connectivity index (χ1v) is 9.37. The molecule has 1 atom stereocenters. The van der Waals surface area contributed by atoms with Crippen LogP contribution >= 0.6 is 0 Å². The van der Waals surface area contributed by atoms with E-state index in [4.69, 9.17) is 0 Å². The van der Waals surface area contributed by atoms with Crippen molar-refractivity contribution < 1.29 is 51.0 Å². The standard InChI is InChI=1S/C25H22.2ClH.Zr/c1-2-8-17-15-24(21-12-6-5-11-19(17)21)23-14-7-13-22-20-10-4-3-9-18(20)16-25(22)23;;;/h3-7,9-15,21H,2,8,16H2,1H3;2*1H;/q;;;+2/p-2. The molecule has 0 saturated heterocycles. The zero-order valence-corrected chi connectivity index (χ0v) is 19.9. The molecule has 2 aromatic rings. The van der Waals surface area contributed by atoms with E-state index in [-0.39, 0.29) is 51.0 Å². The molecule has 5 rings (SSSR count). The number of halogens is 2. The SMILES string of the molecule is CCCC1=C2C=CC=CC2C(c2cccc3c2Cc2ccccc2-3)=C1.[Cl-].[Cl-].[Zr+2]. The number of fused-ring (bicyclic) bond motifs is 4. The van der Waals surface area contributed by atoms with Crippen molar-refractivity contribution in [2.45, 2.75) is 26.2 Å². The third kappa shape index (κ3) is 3.70. The predicted molar refractivity (Wildman–Crippen MR) is 106 cm³/mol. The first-order chi connectivity index (χ1) is 12.4. The topological polar surface area (TPSA) is 0 Å². The van der Waals surface area contributed by atoms with Gasteiger partial charge in [-0.3, -0.25) is 0 Å². The van der Waals surface area contributed by atoms with Crippen molar-refractivity contribution in [3.05, 3.63) is 101 Å². The average Bonchev–Trinajstić information content (AvgIpc) is 3.21. The number of hydrogen-bond acceptors (Lipinski definition) is 0. The fraction of sp³-hybridized carbons (Fsp3) is 0.200. The summed E-state index contributed by atoms with van der Waals surface area (Å²) in [5.74, 6) is 0.432. The van der Waals surface area contributed by atoms with E-state index >= 15 is 0 Å². The minimum absolute atomic E-state index is 0. The molecule has 28 heavy (non-hydrogen) atoms. The molecule has 0 heterocycles. The summed E-state index contributed by atoms with van der Waals surface area (Å²) in [6.45, 7) is 2.27. The fourth-order valence-electron chi connectivity index (χ4n) is 4.64. The summed E-state index contributed by atoms with van der Waals surface area (Å²) in [6.07, 6.45) is 15.0. The Labute approximate surface area is 199 Å². The Bertz CT molecular complexity index is 995. The van der Waals surface area contributed by atoms with Crippen LogP contribution in [0.4, 0.5) is 0 Å². The number of rotatable bonds is 3. The van der Waals surface area contributed by atoms with Crippen molar-refractivity contribution >= 4 is 5.57 Å². The molecule has 1 unspecified atom stereocenters. The Balaban J connectivity index is 0.000000934. The van der Waals surface area contributed by atoms with E-state index in [0.717, 1.165) is 6.42 Å². The minimum atomic E-state index is 0. The van der Waals surface area contributed by atoms with Gasteiger partial charge in [0.05, 0.1) is 0 Å². The molecule has 0 radical (unpaired) electrons. The second kappa shape index (κ2) is 9.57. The Morgan fingerprint density at radius 1 is 0.893 bits per heavy atom. The molecular weight excluding hydrogens is 462 g/mol. The Kier molecular flexibility index (Phi) is 7.91. The van der Waals surface area contributed by atoms with Crippen LogP contribution in [0.15, 0.2) is 84.0 Å². The van der Waals surface area contributed by atoms with Gasteiger partial charge in [-0.15, -0.1) is 0 Å². The van der Waals surface area contributed by atoms with E-state index in [9.17, 15) is 0 Å². The van der Waals surface area contributed by atoms with Crippen LogP contribution in [-0.2, 0) is 32.6 Å². The average molecular weight is 485 g/mol. The van der Waals surface area contributed by atoms with E-state index in [1.165, 1.54) is 57.4 Å². The Morgan fingerprint density at radius 3 is 2.46 bits per heavy atom. The summed E-state index contributed by atoms with van der Waals surface area (Å²) in [6, 6.07) is 15.7. The summed E-state index contributed by atoms with van der Waals surface area (Å²) in [5, 5.41) is 0. The van der Waals surface area contributed by atoms with Gasteiger partial charge in [-0.05, 0) is 57.4 Å². The number of benzene rings is 2. The summed E-state index contributed by atoms with van der Waals surface area (Å²) in [4.78, 5) is 0. The van der Waals surface area contributed by atoms with Gasteiger partial charge in [0.15, 0.2) is 0 Å². The fourth-order valence-corrected chi connectivity index (χ4v) is 4.64. The van der Waals surface area contributed by atoms with E-state index in [2.05, 4.69) is 79.8 Å². The van der Waals surface area contributed by atoms with E-state index in [1.54, 1.807) is 0 Å². The minimum Gasteiger partial charge on any atom is -1.00 e. The maximum Gasteiger partial charge on any atom is 2.00 e. The quantitative estimate of drug-likeness (QED) is 0.508. The summed E-state index contributed by atoms with van der Waals surface area (Å²) in [7, 11) is 0. The summed E-state index contributed by atoms with van der Waals surface area (Å²) >= 11 is 0. The normalized spacial score (nSPS) is 17.6. The second-order valence-electron chi connectivity index (χ2n) is 7.22. The Morgan fingerprint density at radius 2 is 1.64 bits per heavy atom. The van der Waals surface area contributed by atoms with Crippen molar-refractivity contribution in [2.24, 2.45) is 5.92 Å². The molecule has 0 bridgehead atoms. The summed E-state index contributed by atoms with van der Waals surface area (Å²) in [5.41, 5.74) is 11.8. The van der Waals surface area contributed by atoms with Gasteiger partial charge in [0.25, 0.3) is 0 Å². The van der Waals surface area contributed by atoms with Crippen LogP contribution in [0, 0.1) is 5.92 Å². The van der Waals surface area contributed by atoms with Gasteiger partial charge in [-0.25, -0.2) is 0 Å². The zero-order chi connectivity index (χ0) is 16.8. The molecule has 0 N–H and O–H groups in total. The van der Waals surface area contributed by atoms with Crippen molar-refractivity contribution in [3.63, 3.8) is 0 Å². The molecule has 0 saturated carbocycles. The summed E-state index contributed by atoms with van der Waals surface area (Å²) < 4.78 is 0. The van der Waals surface area contributed by atoms with Gasteiger partial charge in [-0.1, -0.05) is 86.2 Å². The van der Waals surface area contributed by atoms with Crippen LogP contribution in [0.5, 0.6) is 0 Å². The molecule has 3 aliphatic carbocycles. The van der Waals surface area contributed by atoms with Gasteiger partial charge in [0.1, 0.15) is 0 Å². The van der Waals surface area contributed by atoms with Gasteiger partial charge < -0.3 is 24.8 Å². The molecule has 3 heteroatoms. The molecule has 0 aliphatic heterocycles. The predicted octanol–water partition coefficient (Wildman–Crippen LogP) is 0.499. The molecule has 3 aliphatic rings. The molecule has 0 fully saturated rings. The van der Waals surface area contributed by atoms with Crippen molar-refractivity contribution in [3.8, 4) is 11.1 Å². The smallest absolute Gasteiger partial charge is 1.00 e. The molecule has 140 valence electrons. The van der Waals surface area contributed by atoms with Gasteiger partial charge >= 0.3 is 26.2 Å². The van der Waals surface area contributed by atoms with Crippen molar-refractivity contribution in [1.82, 2.24) is 0 Å². The second-order valence-corrected chi connectivity index (χ2v) is 7.22. The van der Waals surface area contributed by atoms with Crippen LogP contribution in [0.25, 0.3) is 16.7 Å². The van der Waals surface area contributed by atoms with E-state index < -0.39 is 0 Å². The third-order valence-corrected chi connectivity index (χ3v) is 5.74. The molecule has 0 aromatic heterocycles. The monoisotopic (exact) mass is 482 g/mol. The first-order valence-electron chi connectivity index (χ1n) is 9.37. The molecule has 0 amide bonds. The molecule has 0 spiro atoms. The van der Waals surface area contributed by atoms with Gasteiger partial charge in [0.2, 0.25) is 0 Å². The molecule has 2 aromatic carbocycles. The van der Waals surface area contributed by atoms with Crippen LogP contribution in [-0.4, -0.2) is 0 Å². The largest absolute Gasteiger partial charge is 2.00 e. The van der Waals surface area contributed by atoms with E-state index in [1.807, 2.05) is 0 Å². The van der Waals surface area contributed by atoms with Crippen LogP contribution in [0.2, 0.25) is 0 Å². The van der Waals surface area contributed by atoms with E-state index in [0.29, 0.717) is 5.92 Å². The molecular formula is C25H22Cl2Zr. The van der Waals surface area contributed by atoms with Gasteiger partial charge in [0, 0.05) is 5.92 Å². The first kappa shape index (κ1) is 23.1. The molecule has 0 nitrogen and oxygen atoms in total. The van der Waals surface area contributed by atoms with Crippen LogP contribution < -0.4 is 24.8 Å². The number of allylic oxidation sites excluding steroid dienone is 8. The van der Waals surface area contributed by atoms with Crippen LogP contribution in [0.3, 0.4) is 0 Å². The number of hydrogen-bond donors (Lipinski definition) is 0. The maximum atomic E-state index is 2.47. The van der Waals surface area contributed by atoms with Crippen LogP contribution in [0.1, 0.15) is 36.5 Å². The Hall–Kier alpha value is -1.14. The van der Waals surface area contributed by atoms with Crippen molar-refractivity contribution in [2.75, 3.05) is 0 Å². The van der Waals surface area contributed by atoms with Gasteiger partial charge in [-0.2, -0.15) is 0 Å². The zero-order valence-electron chi connectivity index (χ0n) is 15.9. The third-order valence-electron chi connectivity index (χ3n) is 5.74. The maximum absolute atomic E-state index is 2.47.